The van der Waals surface area contributed by atoms with Crippen LogP contribution in [0.2, 0.25) is 0 Å². The fourth-order valence-electron chi connectivity index (χ4n) is 1.58. The summed E-state index contributed by atoms with van der Waals surface area (Å²) in [6, 6.07) is 12.0. The molecule has 0 spiro atoms. The minimum Gasteiger partial charge on any atom is -0.484 e. The molecule has 2 rings (SSSR count). The molecule has 1 heterocycles. The van der Waals surface area contributed by atoms with Crippen molar-refractivity contribution < 1.29 is 14.6 Å². The van der Waals surface area contributed by atoms with E-state index in [9.17, 15) is 4.79 Å². The van der Waals surface area contributed by atoms with E-state index in [2.05, 4.69) is 4.98 Å². The molecule has 1 atom stereocenters. The first-order valence-electron chi connectivity index (χ1n) is 5.58. The molecule has 0 aliphatic heterocycles. The first kappa shape index (κ1) is 12.1. The SMILES string of the molecule is CC(Oc1cccc(C(=O)O)c1)c1ccccn1. The van der Waals surface area contributed by atoms with Gasteiger partial charge >= 0.3 is 5.97 Å². The van der Waals surface area contributed by atoms with E-state index in [1.807, 2.05) is 25.1 Å². The molecule has 0 aliphatic carbocycles. The molecular weight excluding hydrogens is 230 g/mol. The Kier molecular flexibility index (Phi) is 3.57. The quantitative estimate of drug-likeness (QED) is 0.896. The highest BCUT2D eigenvalue weighted by Gasteiger charge is 2.09. The molecule has 1 N–H and O–H groups in total. The van der Waals surface area contributed by atoms with Crippen molar-refractivity contribution in [1.82, 2.24) is 4.98 Å². The lowest BCUT2D eigenvalue weighted by Crippen LogP contribution is -2.05. The third kappa shape index (κ3) is 2.85. The van der Waals surface area contributed by atoms with Gasteiger partial charge < -0.3 is 9.84 Å². The van der Waals surface area contributed by atoms with Gasteiger partial charge in [-0.1, -0.05) is 12.1 Å². The van der Waals surface area contributed by atoms with Crippen LogP contribution in [0.3, 0.4) is 0 Å². The third-order valence-corrected chi connectivity index (χ3v) is 2.50. The maximum atomic E-state index is 10.8. The van der Waals surface area contributed by atoms with Crippen molar-refractivity contribution in [3.8, 4) is 5.75 Å². The molecule has 1 aromatic heterocycles. The van der Waals surface area contributed by atoms with Gasteiger partial charge in [-0.15, -0.1) is 0 Å². The highest BCUT2D eigenvalue weighted by Crippen LogP contribution is 2.21. The van der Waals surface area contributed by atoms with E-state index in [4.69, 9.17) is 9.84 Å². The predicted molar refractivity (Wildman–Crippen MR) is 66.7 cm³/mol. The lowest BCUT2D eigenvalue weighted by atomic mass is 10.2. The van der Waals surface area contributed by atoms with Gasteiger partial charge in [0.25, 0.3) is 0 Å². The summed E-state index contributed by atoms with van der Waals surface area (Å²) in [5.41, 5.74) is 1.01. The summed E-state index contributed by atoms with van der Waals surface area (Å²) < 4.78 is 5.67. The monoisotopic (exact) mass is 243 g/mol. The zero-order valence-corrected chi connectivity index (χ0v) is 9.91. The predicted octanol–water partition coefficient (Wildman–Crippen LogP) is 2.92. The summed E-state index contributed by atoms with van der Waals surface area (Å²) in [7, 11) is 0. The molecule has 1 aromatic carbocycles. The van der Waals surface area contributed by atoms with Gasteiger partial charge in [-0.25, -0.2) is 4.79 Å². The molecule has 1 unspecified atom stereocenters. The molecule has 0 saturated heterocycles. The van der Waals surface area contributed by atoms with Gasteiger partial charge in [0.1, 0.15) is 11.9 Å². The second-order valence-corrected chi connectivity index (χ2v) is 3.85. The van der Waals surface area contributed by atoms with Crippen molar-refractivity contribution in [2.45, 2.75) is 13.0 Å². The van der Waals surface area contributed by atoms with Crippen LogP contribution in [0.4, 0.5) is 0 Å². The molecule has 0 amide bonds. The van der Waals surface area contributed by atoms with Crippen molar-refractivity contribution in [3.63, 3.8) is 0 Å². The average Bonchev–Trinajstić information content (AvgIpc) is 2.40. The summed E-state index contributed by atoms with van der Waals surface area (Å²) in [6.45, 7) is 1.87. The Labute approximate surface area is 105 Å². The fraction of sp³-hybridized carbons (Fsp3) is 0.143. The maximum Gasteiger partial charge on any atom is 0.335 e. The number of aromatic nitrogens is 1. The molecule has 0 saturated carbocycles. The Morgan fingerprint density at radius 3 is 2.78 bits per heavy atom. The minimum atomic E-state index is -0.967. The molecule has 92 valence electrons. The molecule has 0 bridgehead atoms. The van der Waals surface area contributed by atoms with E-state index in [0.717, 1.165) is 5.69 Å². The largest absolute Gasteiger partial charge is 0.484 e. The summed E-state index contributed by atoms with van der Waals surface area (Å²) in [6.07, 6.45) is 1.47. The van der Waals surface area contributed by atoms with Crippen LogP contribution in [-0.4, -0.2) is 16.1 Å². The van der Waals surface area contributed by atoms with Crippen LogP contribution in [0.25, 0.3) is 0 Å². The highest BCUT2D eigenvalue weighted by molar-refractivity contribution is 5.87. The van der Waals surface area contributed by atoms with Gasteiger partial charge in [-0.2, -0.15) is 0 Å². The number of benzene rings is 1. The number of nitrogens with zero attached hydrogens (tertiary/aromatic N) is 1. The second-order valence-electron chi connectivity index (χ2n) is 3.85. The van der Waals surface area contributed by atoms with E-state index in [1.54, 1.807) is 18.3 Å². The van der Waals surface area contributed by atoms with Crippen LogP contribution in [0.15, 0.2) is 48.7 Å². The topological polar surface area (TPSA) is 59.4 Å². The molecule has 2 aromatic rings. The molecule has 4 nitrogen and oxygen atoms in total. The highest BCUT2D eigenvalue weighted by atomic mass is 16.5. The van der Waals surface area contributed by atoms with E-state index in [1.165, 1.54) is 12.1 Å². The molecule has 0 radical (unpaired) electrons. The number of carboxylic acids is 1. The Hall–Kier alpha value is -2.36. The summed E-state index contributed by atoms with van der Waals surface area (Å²) in [4.78, 5) is 15.0. The number of carboxylic acid groups (broad SMARTS) is 1. The van der Waals surface area contributed by atoms with Gasteiger partial charge in [0.05, 0.1) is 11.3 Å². The van der Waals surface area contributed by atoms with Crippen molar-refractivity contribution >= 4 is 5.97 Å². The van der Waals surface area contributed by atoms with Gasteiger partial charge in [-0.3, -0.25) is 4.98 Å². The number of aromatic carboxylic acids is 1. The van der Waals surface area contributed by atoms with E-state index >= 15 is 0 Å². The van der Waals surface area contributed by atoms with Crippen molar-refractivity contribution in [3.05, 3.63) is 59.9 Å². The molecular formula is C14H13NO3. The van der Waals surface area contributed by atoms with Gasteiger partial charge in [0.2, 0.25) is 0 Å². The number of hydrogen-bond acceptors (Lipinski definition) is 3. The molecule has 18 heavy (non-hydrogen) atoms. The Balaban J connectivity index is 2.14. The molecule has 4 heteroatoms. The van der Waals surface area contributed by atoms with E-state index in [0.29, 0.717) is 5.75 Å². The van der Waals surface area contributed by atoms with Gasteiger partial charge in [-0.05, 0) is 37.3 Å². The maximum absolute atomic E-state index is 10.8. The summed E-state index contributed by atoms with van der Waals surface area (Å²) >= 11 is 0. The van der Waals surface area contributed by atoms with E-state index in [-0.39, 0.29) is 11.7 Å². The summed E-state index contributed by atoms with van der Waals surface area (Å²) in [5, 5.41) is 8.89. The number of ether oxygens (including phenoxy) is 1. The Morgan fingerprint density at radius 1 is 1.28 bits per heavy atom. The number of carbonyl (C=O) groups is 1. The van der Waals surface area contributed by atoms with Crippen molar-refractivity contribution in [2.75, 3.05) is 0 Å². The number of hydrogen-bond donors (Lipinski definition) is 1. The standard InChI is InChI=1S/C14H13NO3/c1-10(13-7-2-3-8-15-13)18-12-6-4-5-11(9-12)14(16)17/h2-10H,1H3,(H,16,17). The van der Waals surface area contributed by atoms with Crippen LogP contribution >= 0.6 is 0 Å². The second kappa shape index (κ2) is 5.31. The molecule has 0 fully saturated rings. The number of rotatable bonds is 4. The first-order valence-corrected chi connectivity index (χ1v) is 5.58. The smallest absolute Gasteiger partial charge is 0.335 e. The lowest BCUT2D eigenvalue weighted by molar-refractivity contribution is 0.0696. The lowest BCUT2D eigenvalue weighted by Gasteiger charge is -2.14. The van der Waals surface area contributed by atoms with Crippen LogP contribution in [-0.2, 0) is 0 Å². The van der Waals surface area contributed by atoms with Crippen LogP contribution in [0.5, 0.6) is 5.75 Å². The van der Waals surface area contributed by atoms with Crippen molar-refractivity contribution in [1.29, 1.82) is 0 Å². The van der Waals surface area contributed by atoms with Crippen LogP contribution < -0.4 is 4.74 Å². The van der Waals surface area contributed by atoms with E-state index < -0.39 is 5.97 Å². The Bertz CT molecular complexity index is 540. The number of pyridine rings is 1. The Morgan fingerprint density at radius 2 is 2.11 bits per heavy atom. The zero-order chi connectivity index (χ0) is 13.0. The van der Waals surface area contributed by atoms with Crippen molar-refractivity contribution in [2.24, 2.45) is 0 Å². The normalized spacial score (nSPS) is 11.8. The third-order valence-electron chi connectivity index (χ3n) is 2.50. The van der Waals surface area contributed by atoms with Crippen LogP contribution in [0.1, 0.15) is 29.1 Å². The van der Waals surface area contributed by atoms with Crippen LogP contribution in [0, 0.1) is 0 Å². The fourth-order valence-corrected chi connectivity index (χ4v) is 1.58. The minimum absolute atomic E-state index is 0.209. The van der Waals surface area contributed by atoms with Gasteiger partial charge in [0.15, 0.2) is 0 Å². The first-order chi connectivity index (χ1) is 8.66. The molecule has 0 aliphatic rings. The zero-order valence-electron chi connectivity index (χ0n) is 9.91. The van der Waals surface area contributed by atoms with Gasteiger partial charge in [0, 0.05) is 6.20 Å². The summed E-state index contributed by atoms with van der Waals surface area (Å²) in [5.74, 6) is -0.445. The average molecular weight is 243 g/mol.